The number of aromatic nitrogens is 4. The summed E-state index contributed by atoms with van der Waals surface area (Å²) in [6.45, 7) is 3.35. The summed E-state index contributed by atoms with van der Waals surface area (Å²) in [4.78, 5) is 36.3. The van der Waals surface area contributed by atoms with Gasteiger partial charge >= 0.3 is 24.4 Å². The predicted octanol–water partition coefficient (Wildman–Crippen LogP) is 6.33. The van der Waals surface area contributed by atoms with Crippen LogP contribution in [0.15, 0.2) is 55.6 Å². The first-order chi connectivity index (χ1) is 22.1. The molecule has 0 spiro atoms. The molecule has 252 valence electrons. The fourth-order valence-corrected chi connectivity index (χ4v) is 6.00. The third kappa shape index (κ3) is 7.85. The van der Waals surface area contributed by atoms with Crippen LogP contribution in [0.3, 0.4) is 0 Å². The number of carboxylic acid groups (broad SMARTS) is 1. The Labute approximate surface area is 265 Å². The molecule has 3 aromatic rings. The Morgan fingerprint density at radius 2 is 1.62 bits per heavy atom. The minimum absolute atomic E-state index is 0.0151. The topological polar surface area (TPSA) is 114 Å². The summed E-state index contributed by atoms with van der Waals surface area (Å²) in [7, 11) is 1.72. The van der Waals surface area contributed by atoms with Crippen LogP contribution in [0.4, 0.5) is 37.1 Å². The Morgan fingerprint density at radius 1 is 1.00 bits per heavy atom. The standard InChI is InChI=1S/C31H32F6N6O4/c1-3-24-11-25(17-43(24)29(46)47-26-6-4-19(5-7-26)27(44)45)42(28-38-12-20(13-39-28)21-14-40-41(2)16-21)15-18-8-22(30(32,33)34)10-23(9-18)31(35,36)37/h3,8-10,12-14,16,19,24-26H,1,4-7,11,15,17H2,2H3,(H,44,45)/t19-,24-,25+,26+/m1/s1. The quantitative estimate of drug-likeness (QED) is 0.219. The summed E-state index contributed by atoms with van der Waals surface area (Å²) in [5, 5.41) is 13.4. The maximum absolute atomic E-state index is 13.7. The summed E-state index contributed by atoms with van der Waals surface area (Å²) in [6.07, 6.45) is -1.80. The second kappa shape index (κ2) is 13.2. The van der Waals surface area contributed by atoms with Gasteiger partial charge in [-0.2, -0.15) is 31.4 Å². The third-order valence-electron chi connectivity index (χ3n) is 8.49. The average molecular weight is 667 g/mol. The van der Waals surface area contributed by atoms with Crippen molar-refractivity contribution in [2.45, 2.75) is 69.2 Å². The molecule has 47 heavy (non-hydrogen) atoms. The normalized spacial score (nSPS) is 21.8. The highest BCUT2D eigenvalue weighted by Crippen LogP contribution is 2.38. The maximum atomic E-state index is 13.7. The number of aryl methyl sites for hydroxylation is 1. The number of amides is 1. The number of halogens is 6. The van der Waals surface area contributed by atoms with Crippen molar-refractivity contribution in [1.82, 2.24) is 24.6 Å². The molecule has 1 aromatic carbocycles. The van der Waals surface area contributed by atoms with Crippen molar-refractivity contribution >= 4 is 18.0 Å². The molecule has 10 nitrogen and oxygen atoms in total. The van der Waals surface area contributed by atoms with E-state index in [2.05, 4.69) is 21.6 Å². The summed E-state index contributed by atoms with van der Waals surface area (Å²) >= 11 is 0. The second-order valence-electron chi connectivity index (χ2n) is 11.8. The number of hydrogen-bond acceptors (Lipinski definition) is 7. The molecule has 0 radical (unpaired) electrons. The Balaban J connectivity index is 1.44. The minimum atomic E-state index is -5.03. The summed E-state index contributed by atoms with van der Waals surface area (Å²) in [5.74, 6) is -1.38. The molecule has 0 bridgehead atoms. The molecule has 1 aliphatic heterocycles. The molecule has 2 atom stereocenters. The lowest BCUT2D eigenvalue weighted by Gasteiger charge is -2.31. The number of hydrogen-bond donors (Lipinski definition) is 1. The van der Waals surface area contributed by atoms with Gasteiger partial charge < -0.3 is 14.7 Å². The van der Waals surface area contributed by atoms with Gasteiger partial charge in [0.2, 0.25) is 5.95 Å². The van der Waals surface area contributed by atoms with Crippen molar-refractivity contribution in [2.75, 3.05) is 11.4 Å². The van der Waals surface area contributed by atoms with Crippen LogP contribution < -0.4 is 4.90 Å². The number of anilines is 1. The van der Waals surface area contributed by atoms with E-state index in [1.54, 1.807) is 24.1 Å². The first-order valence-electron chi connectivity index (χ1n) is 14.8. The van der Waals surface area contributed by atoms with Crippen molar-refractivity contribution in [3.63, 3.8) is 0 Å². The number of nitrogens with zero attached hydrogens (tertiary/aromatic N) is 6. The van der Waals surface area contributed by atoms with Crippen LogP contribution in [0, 0.1) is 5.92 Å². The first-order valence-corrected chi connectivity index (χ1v) is 14.8. The van der Waals surface area contributed by atoms with Crippen molar-refractivity contribution < 1.29 is 45.8 Å². The maximum Gasteiger partial charge on any atom is 0.416 e. The van der Waals surface area contributed by atoms with Crippen molar-refractivity contribution in [1.29, 1.82) is 0 Å². The number of alkyl halides is 6. The van der Waals surface area contributed by atoms with Crippen molar-refractivity contribution in [3.8, 4) is 11.1 Å². The van der Waals surface area contributed by atoms with Crippen molar-refractivity contribution in [2.24, 2.45) is 13.0 Å². The van der Waals surface area contributed by atoms with Gasteiger partial charge in [-0.05, 0) is 55.9 Å². The molecule has 2 aliphatic rings. The molecule has 2 aromatic heterocycles. The number of carbonyl (C=O) groups is 2. The highest BCUT2D eigenvalue weighted by Gasteiger charge is 2.41. The monoisotopic (exact) mass is 666 g/mol. The Kier molecular flexibility index (Phi) is 9.50. The fraction of sp³-hybridized carbons (Fsp3) is 0.452. The zero-order chi connectivity index (χ0) is 34.1. The van der Waals surface area contributed by atoms with E-state index in [9.17, 15) is 41.0 Å². The van der Waals surface area contributed by atoms with E-state index in [0.29, 0.717) is 48.9 Å². The van der Waals surface area contributed by atoms with Crippen LogP contribution in [0.2, 0.25) is 0 Å². The number of benzene rings is 1. The van der Waals surface area contributed by atoms with Crippen LogP contribution in [0.25, 0.3) is 11.1 Å². The number of aliphatic carboxylic acids is 1. The van der Waals surface area contributed by atoms with Crippen molar-refractivity contribution in [3.05, 3.63) is 72.3 Å². The number of rotatable bonds is 8. The third-order valence-corrected chi connectivity index (χ3v) is 8.49. The molecule has 2 fully saturated rings. The zero-order valence-electron chi connectivity index (χ0n) is 25.2. The zero-order valence-corrected chi connectivity index (χ0v) is 25.2. The van der Waals surface area contributed by atoms with Gasteiger partial charge in [-0.25, -0.2) is 14.8 Å². The minimum Gasteiger partial charge on any atom is -0.481 e. The highest BCUT2D eigenvalue weighted by molar-refractivity contribution is 5.71. The molecular formula is C31H32F6N6O4. The van der Waals surface area contributed by atoms with Crippen LogP contribution in [-0.4, -0.2) is 66.5 Å². The molecule has 1 aliphatic carbocycles. The SMILES string of the molecule is C=C[C@@H]1C[C@H](N(Cc2cc(C(F)(F)F)cc(C(F)(F)F)c2)c2ncc(-c3cnn(C)c3)cn2)CN1C(=O)O[C@H]1CC[C@@H](C(=O)O)CC1. The smallest absolute Gasteiger partial charge is 0.416 e. The Hall–Kier alpha value is -4.63. The molecular weight excluding hydrogens is 634 g/mol. The first kappa shape index (κ1) is 33.7. The lowest BCUT2D eigenvalue weighted by Crippen LogP contribution is -2.41. The number of carboxylic acids is 1. The number of likely N-dealkylation sites (tertiary alicyclic amines) is 1. The number of carbonyl (C=O) groups excluding carboxylic acids is 1. The van der Waals surface area contributed by atoms with Crippen LogP contribution >= 0.6 is 0 Å². The fourth-order valence-electron chi connectivity index (χ4n) is 6.00. The number of ether oxygens (including phenoxy) is 1. The predicted molar refractivity (Wildman–Crippen MR) is 156 cm³/mol. The largest absolute Gasteiger partial charge is 0.481 e. The van der Waals surface area contributed by atoms with E-state index >= 15 is 0 Å². The van der Waals surface area contributed by atoms with Gasteiger partial charge in [0.05, 0.1) is 35.3 Å². The lowest BCUT2D eigenvalue weighted by atomic mass is 9.87. The molecule has 5 rings (SSSR count). The van der Waals surface area contributed by atoms with Crippen LogP contribution in [-0.2, 0) is 35.5 Å². The molecule has 16 heteroatoms. The van der Waals surface area contributed by atoms with Gasteiger partial charge in [0.25, 0.3) is 0 Å². The van der Waals surface area contributed by atoms with E-state index < -0.39 is 66.2 Å². The molecule has 1 N–H and O–H groups in total. The summed E-state index contributed by atoms with van der Waals surface area (Å²) < 4.78 is 89.4. The van der Waals surface area contributed by atoms with E-state index in [-0.39, 0.29) is 30.5 Å². The molecule has 0 unspecified atom stereocenters. The van der Waals surface area contributed by atoms with Gasteiger partial charge in [0, 0.05) is 49.9 Å². The Bertz CT molecular complexity index is 1570. The Morgan fingerprint density at radius 3 is 2.13 bits per heavy atom. The van der Waals surface area contributed by atoms with E-state index in [4.69, 9.17) is 4.74 Å². The van der Waals surface area contributed by atoms with Crippen LogP contribution in [0.5, 0.6) is 0 Å². The van der Waals surface area contributed by atoms with E-state index in [0.717, 1.165) is 0 Å². The molecule has 1 saturated heterocycles. The molecule has 1 saturated carbocycles. The van der Waals surface area contributed by atoms with Gasteiger partial charge in [0.1, 0.15) is 6.10 Å². The van der Waals surface area contributed by atoms with E-state index in [1.165, 1.54) is 28.3 Å². The van der Waals surface area contributed by atoms with E-state index in [1.807, 2.05) is 0 Å². The van der Waals surface area contributed by atoms with Gasteiger partial charge in [-0.1, -0.05) is 6.08 Å². The second-order valence-corrected chi connectivity index (χ2v) is 11.8. The lowest BCUT2D eigenvalue weighted by molar-refractivity contribution is -0.144. The summed E-state index contributed by atoms with van der Waals surface area (Å²) in [5.41, 5.74) is -1.91. The van der Waals surface area contributed by atoms with Gasteiger partial charge in [-0.15, -0.1) is 6.58 Å². The van der Waals surface area contributed by atoms with Crippen LogP contribution in [0.1, 0.15) is 48.8 Å². The van der Waals surface area contributed by atoms with Gasteiger partial charge in [0.15, 0.2) is 0 Å². The molecule has 3 heterocycles. The van der Waals surface area contributed by atoms with Gasteiger partial charge in [-0.3, -0.25) is 14.4 Å². The average Bonchev–Trinajstić information content (AvgIpc) is 3.66. The molecule has 1 amide bonds. The highest BCUT2D eigenvalue weighted by atomic mass is 19.4. The summed E-state index contributed by atoms with van der Waals surface area (Å²) in [6, 6.07) is 0.156.